The number of carboxylic acids is 1. The first-order valence-electron chi connectivity index (χ1n) is 9.07. The molecule has 22 heavy (non-hydrogen) atoms. The van der Waals surface area contributed by atoms with E-state index in [0.717, 1.165) is 30.6 Å². The van der Waals surface area contributed by atoms with Crippen LogP contribution in [0, 0.1) is 23.2 Å². The molecule has 1 saturated heterocycles. The van der Waals surface area contributed by atoms with Gasteiger partial charge in [0.2, 0.25) is 5.91 Å². The van der Waals surface area contributed by atoms with E-state index in [1.165, 1.54) is 38.5 Å². The van der Waals surface area contributed by atoms with Gasteiger partial charge in [0.1, 0.15) is 6.04 Å². The highest BCUT2D eigenvalue weighted by Crippen LogP contribution is 2.61. The minimum atomic E-state index is -0.821. The highest BCUT2D eigenvalue weighted by Gasteiger charge is 2.52. The Morgan fingerprint density at radius 3 is 2.14 bits per heavy atom. The van der Waals surface area contributed by atoms with Crippen LogP contribution < -0.4 is 0 Å². The van der Waals surface area contributed by atoms with Crippen molar-refractivity contribution in [2.24, 2.45) is 23.2 Å². The monoisotopic (exact) mass is 305 g/mol. The topological polar surface area (TPSA) is 57.6 Å². The van der Waals surface area contributed by atoms with Gasteiger partial charge in [-0.15, -0.1) is 0 Å². The second-order valence-electron chi connectivity index (χ2n) is 8.53. The molecule has 4 heteroatoms. The smallest absolute Gasteiger partial charge is 0.326 e. The minimum absolute atomic E-state index is 0.119. The average Bonchev–Trinajstić information content (AvgIpc) is 2.45. The zero-order chi connectivity index (χ0) is 15.3. The summed E-state index contributed by atoms with van der Waals surface area (Å²) >= 11 is 0. The van der Waals surface area contributed by atoms with Crippen LogP contribution in [-0.4, -0.2) is 34.5 Å². The molecule has 1 N–H and O–H groups in total. The fourth-order valence-corrected chi connectivity index (χ4v) is 6.42. The van der Waals surface area contributed by atoms with Crippen molar-refractivity contribution >= 4 is 11.9 Å². The van der Waals surface area contributed by atoms with Crippen LogP contribution in [0.2, 0.25) is 0 Å². The maximum Gasteiger partial charge on any atom is 0.326 e. The molecule has 122 valence electrons. The van der Waals surface area contributed by atoms with Crippen LogP contribution >= 0.6 is 0 Å². The summed E-state index contributed by atoms with van der Waals surface area (Å²) in [5.74, 6) is 1.83. The Kier molecular flexibility index (Phi) is 3.46. The number of likely N-dealkylation sites (tertiary alicyclic amines) is 1. The molecule has 1 aliphatic heterocycles. The SMILES string of the molecule is O=C(O)[C@H]1CCCCN1C(=O)CC12CC3CC(CC(C3)C1)C2. The molecule has 0 unspecified atom stereocenters. The van der Waals surface area contributed by atoms with E-state index in [2.05, 4.69) is 0 Å². The number of amides is 1. The van der Waals surface area contributed by atoms with Gasteiger partial charge in [0, 0.05) is 13.0 Å². The lowest BCUT2D eigenvalue weighted by Crippen LogP contribution is -2.52. The Hall–Kier alpha value is -1.06. The summed E-state index contributed by atoms with van der Waals surface area (Å²) in [5.41, 5.74) is 0.215. The van der Waals surface area contributed by atoms with Gasteiger partial charge in [-0.05, 0) is 81.0 Å². The normalized spacial score (nSPS) is 43.4. The maximum atomic E-state index is 12.9. The van der Waals surface area contributed by atoms with Crippen LogP contribution in [0.15, 0.2) is 0 Å². The molecular weight excluding hydrogens is 278 g/mol. The third kappa shape index (κ3) is 2.44. The number of carbonyl (C=O) groups excluding carboxylic acids is 1. The quantitative estimate of drug-likeness (QED) is 0.872. The molecular formula is C18H27NO3. The molecule has 5 rings (SSSR count). The van der Waals surface area contributed by atoms with Crippen molar-refractivity contribution in [2.75, 3.05) is 6.54 Å². The molecule has 1 heterocycles. The van der Waals surface area contributed by atoms with Crippen LogP contribution in [0.5, 0.6) is 0 Å². The summed E-state index contributed by atoms with van der Waals surface area (Å²) in [6.07, 6.45) is 10.9. The van der Waals surface area contributed by atoms with Crippen molar-refractivity contribution < 1.29 is 14.7 Å². The third-order valence-corrected chi connectivity index (χ3v) is 6.80. The molecule has 4 saturated carbocycles. The fraction of sp³-hybridized carbons (Fsp3) is 0.889. The van der Waals surface area contributed by atoms with Gasteiger partial charge in [-0.2, -0.15) is 0 Å². The molecule has 0 spiro atoms. The first kappa shape index (κ1) is 14.5. The highest BCUT2D eigenvalue weighted by molar-refractivity contribution is 5.84. The van der Waals surface area contributed by atoms with Crippen LogP contribution in [0.3, 0.4) is 0 Å². The van der Waals surface area contributed by atoms with Gasteiger partial charge in [0.25, 0.3) is 0 Å². The molecule has 0 aromatic rings. The summed E-state index contributed by atoms with van der Waals surface area (Å²) in [7, 11) is 0. The van der Waals surface area contributed by atoms with E-state index >= 15 is 0 Å². The van der Waals surface area contributed by atoms with E-state index in [1.54, 1.807) is 4.90 Å². The first-order valence-corrected chi connectivity index (χ1v) is 9.07. The maximum absolute atomic E-state index is 12.9. The number of hydrogen-bond donors (Lipinski definition) is 1. The zero-order valence-electron chi connectivity index (χ0n) is 13.3. The summed E-state index contributed by atoms with van der Waals surface area (Å²) in [6, 6.07) is -0.574. The molecule has 1 amide bonds. The molecule has 4 nitrogen and oxygen atoms in total. The van der Waals surface area contributed by atoms with Gasteiger partial charge in [0.05, 0.1) is 0 Å². The summed E-state index contributed by atoms with van der Waals surface area (Å²) < 4.78 is 0. The second-order valence-corrected chi connectivity index (χ2v) is 8.53. The lowest BCUT2D eigenvalue weighted by molar-refractivity contribution is -0.155. The number of piperidine rings is 1. The molecule has 5 aliphatic rings. The highest BCUT2D eigenvalue weighted by atomic mass is 16.4. The van der Waals surface area contributed by atoms with Gasteiger partial charge in [0.15, 0.2) is 0 Å². The molecule has 0 radical (unpaired) electrons. The summed E-state index contributed by atoms with van der Waals surface area (Å²) in [4.78, 5) is 26.0. The first-order chi connectivity index (χ1) is 10.5. The van der Waals surface area contributed by atoms with Gasteiger partial charge in [-0.3, -0.25) is 4.79 Å². The average molecular weight is 305 g/mol. The van der Waals surface area contributed by atoms with Gasteiger partial charge < -0.3 is 10.0 Å². The van der Waals surface area contributed by atoms with Gasteiger partial charge >= 0.3 is 5.97 Å². The van der Waals surface area contributed by atoms with E-state index in [-0.39, 0.29) is 11.3 Å². The predicted octanol–water partition coefficient (Wildman–Crippen LogP) is 3.06. The molecule has 4 bridgehead atoms. The van der Waals surface area contributed by atoms with Crippen LogP contribution in [-0.2, 0) is 9.59 Å². The standard InChI is InChI=1S/C18H27NO3/c20-16(19-4-2-1-3-15(19)17(21)22)11-18-8-12-5-13(9-18)7-14(6-12)10-18/h12-15H,1-11H2,(H,21,22)/t12?,13?,14?,15-,18?/m1/s1. The Balaban J connectivity index is 1.48. The van der Waals surface area contributed by atoms with Crippen molar-refractivity contribution in [3.05, 3.63) is 0 Å². The van der Waals surface area contributed by atoms with Crippen LogP contribution in [0.4, 0.5) is 0 Å². The Morgan fingerprint density at radius 2 is 1.59 bits per heavy atom. The molecule has 5 fully saturated rings. The van der Waals surface area contributed by atoms with E-state index in [4.69, 9.17) is 0 Å². The van der Waals surface area contributed by atoms with E-state index in [9.17, 15) is 14.7 Å². The lowest BCUT2D eigenvalue weighted by Gasteiger charge is -2.57. The van der Waals surface area contributed by atoms with Crippen molar-refractivity contribution in [2.45, 2.75) is 70.3 Å². The number of rotatable bonds is 3. The fourth-order valence-electron chi connectivity index (χ4n) is 6.42. The number of carbonyl (C=O) groups is 2. The van der Waals surface area contributed by atoms with Gasteiger partial charge in [-0.1, -0.05) is 0 Å². The van der Waals surface area contributed by atoms with E-state index in [1.807, 2.05) is 0 Å². The number of aliphatic carboxylic acids is 1. The molecule has 4 aliphatic carbocycles. The van der Waals surface area contributed by atoms with Crippen LogP contribution in [0.25, 0.3) is 0 Å². The molecule has 0 aromatic heterocycles. The lowest BCUT2D eigenvalue weighted by atomic mass is 9.49. The number of carboxylic acid groups (broad SMARTS) is 1. The van der Waals surface area contributed by atoms with Crippen molar-refractivity contribution in [3.8, 4) is 0 Å². The number of hydrogen-bond acceptors (Lipinski definition) is 2. The Bertz CT molecular complexity index is 451. The van der Waals surface area contributed by atoms with E-state index in [0.29, 0.717) is 19.4 Å². The largest absolute Gasteiger partial charge is 0.480 e. The van der Waals surface area contributed by atoms with Crippen molar-refractivity contribution in [1.29, 1.82) is 0 Å². The van der Waals surface area contributed by atoms with E-state index < -0.39 is 12.0 Å². The Morgan fingerprint density at radius 1 is 1.00 bits per heavy atom. The Labute approximate surface area is 132 Å². The third-order valence-electron chi connectivity index (χ3n) is 6.80. The van der Waals surface area contributed by atoms with Crippen molar-refractivity contribution in [1.82, 2.24) is 4.90 Å². The van der Waals surface area contributed by atoms with Gasteiger partial charge in [-0.25, -0.2) is 4.79 Å². The molecule has 0 aromatic carbocycles. The number of nitrogens with zero attached hydrogens (tertiary/aromatic N) is 1. The molecule has 1 atom stereocenters. The van der Waals surface area contributed by atoms with Crippen molar-refractivity contribution in [3.63, 3.8) is 0 Å². The zero-order valence-corrected chi connectivity index (χ0v) is 13.3. The summed E-state index contributed by atoms with van der Waals surface area (Å²) in [5, 5.41) is 9.39. The van der Waals surface area contributed by atoms with Crippen LogP contribution in [0.1, 0.15) is 64.2 Å². The minimum Gasteiger partial charge on any atom is -0.480 e. The summed E-state index contributed by atoms with van der Waals surface area (Å²) in [6.45, 7) is 0.641. The second kappa shape index (κ2) is 5.24. The predicted molar refractivity (Wildman–Crippen MR) is 82.2 cm³/mol.